The number of rotatable bonds is 6. The van der Waals surface area contributed by atoms with Gasteiger partial charge in [-0.2, -0.15) is 0 Å². The van der Waals surface area contributed by atoms with E-state index in [-0.39, 0.29) is 18.0 Å². The van der Waals surface area contributed by atoms with Crippen LogP contribution in [-0.4, -0.2) is 49.7 Å². The smallest absolute Gasteiger partial charge is 0.234 e. The molecule has 4 nitrogen and oxygen atoms in total. The molecule has 0 unspecified atom stereocenters. The van der Waals surface area contributed by atoms with Crippen molar-refractivity contribution in [2.75, 3.05) is 26.8 Å². The molecule has 2 rings (SSSR count). The summed E-state index contributed by atoms with van der Waals surface area (Å²) in [5.41, 5.74) is 1.23. The van der Waals surface area contributed by atoms with Crippen molar-refractivity contribution in [3.8, 4) is 0 Å². The van der Waals surface area contributed by atoms with Crippen LogP contribution in [0.1, 0.15) is 38.2 Å². The zero-order chi connectivity index (χ0) is 16.8. The molecule has 0 spiro atoms. The standard InChI is InChI=1S/C18H27ClN2O2/c1-13(15-4-6-16(19)7-5-15)14(2)21(3)12-18(22)20-17-8-10-23-11-9-17/h4-7,13-14,17H,8-12H2,1-3H3,(H,20,22)/t13-,14-/m0/s1. The molecule has 2 atom stereocenters. The fraction of sp³-hybridized carbons (Fsp3) is 0.611. The molecule has 1 saturated heterocycles. The van der Waals surface area contributed by atoms with E-state index >= 15 is 0 Å². The molecule has 1 amide bonds. The predicted molar refractivity (Wildman–Crippen MR) is 93.9 cm³/mol. The van der Waals surface area contributed by atoms with E-state index in [1.54, 1.807) is 0 Å². The summed E-state index contributed by atoms with van der Waals surface area (Å²) < 4.78 is 5.32. The molecule has 5 heteroatoms. The first-order valence-electron chi connectivity index (χ1n) is 8.30. The van der Waals surface area contributed by atoms with E-state index in [1.165, 1.54) is 5.56 Å². The summed E-state index contributed by atoms with van der Waals surface area (Å²) in [5.74, 6) is 0.419. The summed E-state index contributed by atoms with van der Waals surface area (Å²) in [4.78, 5) is 14.3. The minimum atomic E-state index is 0.0922. The first-order valence-corrected chi connectivity index (χ1v) is 8.68. The summed E-state index contributed by atoms with van der Waals surface area (Å²) in [6, 6.07) is 8.46. The van der Waals surface area contributed by atoms with Gasteiger partial charge in [0.2, 0.25) is 5.91 Å². The highest BCUT2D eigenvalue weighted by Gasteiger charge is 2.22. The third-order valence-electron chi connectivity index (χ3n) is 4.79. The Hall–Kier alpha value is -1.10. The molecule has 1 N–H and O–H groups in total. The van der Waals surface area contributed by atoms with Crippen LogP contribution in [0.4, 0.5) is 0 Å². The largest absolute Gasteiger partial charge is 0.381 e. The Morgan fingerprint density at radius 1 is 1.30 bits per heavy atom. The molecule has 0 saturated carbocycles. The van der Waals surface area contributed by atoms with Gasteiger partial charge in [-0.1, -0.05) is 30.7 Å². The van der Waals surface area contributed by atoms with Gasteiger partial charge >= 0.3 is 0 Å². The Labute approximate surface area is 144 Å². The molecule has 1 aromatic rings. The number of nitrogens with zero attached hydrogens (tertiary/aromatic N) is 1. The van der Waals surface area contributed by atoms with E-state index in [0.717, 1.165) is 31.1 Å². The number of carbonyl (C=O) groups is 1. The highest BCUT2D eigenvalue weighted by molar-refractivity contribution is 6.30. The zero-order valence-corrected chi connectivity index (χ0v) is 15.0. The Morgan fingerprint density at radius 3 is 2.52 bits per heavy atom. The van der Waals surface area contributed by atoms with E-state index in [4.69, 9.17) is 16.3 Å². The molecular formula is C18H27ClN2O2. The number of likely N-dealkylation sites (N-methyl/N-ethyl adjacent to an activating group) is 1. The summed E-state index contributed by atoms with van der Waals surface area (Å²) in [6.45, 7) is 6.23. The van der Waals surface area contributed by atoms with Crippen molar-refractivity contribution in [1.29, 1.82) is 0 Å². The van der Waals surface area contributed by atoms with Crippen LogP contribution in [0, 0.1) is 0 Å². The molecule has 1 fully saturated rings. The van der Waals surface area contributed by atoms with Crippen LogP contribution in [0.5, 0.6) is 0 Å². The monoisotopic (exact) mass is 338 g/mol. The average molecular weight is 339 g/mol. The number of ether oxygens (including phenoxy) is 1. The highest BCUT2D eigenvalue weighted by atomic mass is 35.5. The minimum Gasteiger partial charge on any atom is -0.381 e. The second-order valence-corrected chi connectivity index (χ2v) is 6.89. The van der Waals surface area contributed by atoms with Crippen LogP contribution in [0.15, 0.2) is 24.3 Å². The van der Waals surface area contributed by atoms with Crippen molar-refractivity contribution in [3.05, 3.63) is 34.9 Å². The van der Waals surface area contributed by atoms with Crippen LogP contribution < -0.4 is 5.32 Å². The van der Waals surface area contributed by atoms with Gasteiger partial charge in [0, 0.05) is 30.3 Å². The first kappa shape index (κ1) is 18.2. The van der Waals surface area contributed by atoms with Crippen molar-refractivity contribution in [3.63, 3.8) is 0 Å². The predicted octanol–water partition coefficient (Wildman–Crippen LogP) is 3.06. The first-order chi connectivity index (χ1) is 11.0. The van der Waals surface area contributed by atoms with Gasteiger partial charge in [-0.3, -0.25) is 9.69 Å². The SMILES string of the molecule is C[C@H](c1ccc(Cl)cc1)[C@H](C)N(C)CC(=O)NC1CCOCC1. The van der Waals surface area contributed by atoms with Crippen LogP contribution in [-0.2, 0) is 9.53 Å². The number of carbonyl (C=O) groups excluding carboxylic acids is 1. The van der Waals surface area contributed by atoms with E-state index in [0.29, 0.717) is 12.5 Å². The Morgan fingerprint density at radius 2 is 1.91 bits per heavy atom. The lowest BCUT2D eigenvalue weighted by atomic mass is 9.93. The van der Waals surface area contributed by atoms with Crippen LogP contribution in [0.3, 0.4) is 0 Å². The molecule has 1 heterocycles. The van der Waals surface area contributed by atoms with Gasteiger partial charge in [0.05, 0.1) is 6.54 Å². The third-order valence-corrected chi connectivity index (χ3v) is 5.05. The Balaban J connectivity index is 1.84. The second-order valence-electron chi connectivity index (χ2n) is 6.45. The van der Waals surface area contributed by atoms with Gasteiger partial charge in [-0.05, 0) is 50.4 Å². The van der Waals surface area contributed by atoms with E-state index < -0.39 is 0 Å². The molecule has 0 aliphatic carbocycles. The molecular weight excluding hydrogens is 312 g/mol. The van der Waals surface area contributed by atoms with E-state index in [1.807, 2.05) is 19.2 Å². The Bertz CT molecular complexity index is 500. The lowest BCUT2D eigenvalue weighted by Gasteiger charge is -2.31. The Kier molecular flexibility index (Phi) is 6.88. The van der Waals surface area contributed by atoms with Crippen LogP contribution in [0.2, 0.25) is 5.02 Å². The number of hydrogen-bond acceptors (Lipinski definition) is 3. The molecule has 1 aliphatic heterocycles. The number of nitrogens with one attached hydrogen (secondary N) is 1. The van der Waals surface area contributed by atoms with Crippen molar-refractivity contribution in [2.24, 2.45) is 0 Å². The van der Waals surface area contributed by atoms with Gasteiger partial charge in [0.15, 0.2) is 0 Å². The molecule has 0 bridgehead atoms. The molecule has 128 valence electrons. The zero-order valence-electron chi connectivity index (χ0n) is 14.2. The fourth-order valence-electron chi connectivity index (χ4n) is 2.91. The summed E-state index contributed by atoms with van der Waals surface area (Å²) >= 11 is 5.95. The number of hydrogen-bond donors (Lipinski definition) is 1. The summed E-state index contributed by atoms with van der Waals surface area (Å²) in [6.07, 6.45) is 1.82. The van der Waals surface area contributed by atoms with Crippen LogP contribution in [0.25, 0.3) is 0 Å². The van der Waals surface area contributed by atoms with Crippen molar-refractivity contribution >= 4 is 17.5 Å². The third kappa shape index (κ3) is 5.48. The number of amides is 1. The quantitative estimate of drug-likeness (QED) is 0.866. The summed E-state index contributed by atoms with van der Waals surface area (Å²) in [7, 11) is 2.00. The van der Waals surface area contributed by atoms with Gasteiger partial charge < -0.3 is 10.1 Å². The number of halogens is 1. The van der Waals surface area contributed by atoms with Gasteiger partial charge in [0.25, 0.3) is 0 Å². The maximum absolute atomic E-state index is 12.2. The average Bonchev–Trinajstić information content (AvgIpc) is 2.55. The van der Waals surface area contributed by atoms with Gasteiger partial charge in [-0.15, -0.1) is 0 Å². The molecule has 1 aromatic carbocycles. The molecule has 0 aromatic heterocycles. The minimum absolute atomic E-state index is 0.0922. The maximum atomic E-state index is 12.2. The van der Waals surface area contributed by atoms with Crippen molar-refractivity contribution < 1.29 is 9.53 Å². The summed E-state index contributed by atoms with van der Waals surface area (Å²) in [5, 5.41) is 3.86. The topological polar surface area (TPSA) is 41.6 Å². The lowest BCUT2D eigenvalue weighted by Crippen LogP contribution is -2.46. The van der Waals surface area contributed by atoms with Crippen molar-refractivity contribution in [2.45, 2.75) is 44.7 Å². The normalized spacial score (nSPS) is 18.7. The van der Waals surface area contributed by atoms with Gasteiger partial charge in [0.1, 0.15) is 0 Å². The van der Waals surface area contributed by atoms with Crippen molar-refractivity contribution in [1.82, 2.24) is 10.2 Å². The fourth-order valence-corrected chi connectivity index (χ4v) is 3.04. The molecule has 0 radical (unpaired) electrons. The molecule has 1 aliphatic rings. The van der Waals surface area contributed by atoms with E-state index in [9.17, 15) is 4.79 Å². The van der Waals surface area contributed by atoms with Gasteiger partial charge in [-0.25, -0.2) is 0 Å². The van der Waals surface area contributed by atoms with Crippen LogP contribution >= 0.6 is 11.6 Å². The molecule has 23 heavy (non-hydrogen) atoms. The lowest BCUT2D eigenvalue weighted by molar-refractivity contribution is -0.123. The number of benzene rings is 1. The maximum Gasteiger partial charge on any atom is 0.234 e. The highest BCUT2D eigenvalue weighted by Crippen LogP contribution is 2.23. The second kappa shape index (κ2) is 8.67. The van der Waals surface area contributed by atoms with E-state index in [2.05, 4.69) is 36.2 Å².